The Morgan fingerprint density at radius 3 is 2.51 bits per heavy atom. The first-order valence-electron chi connectivity index (χ1n) is 14.8. The molecule has 1 fully saturated rings. The molecule has 1 aromatic carbocycles. The van der Waals surface area contributed by atoms with Gasteiger partial charge < -0.3 is 29.2 Å². The molecule has 0 radical (unpaired) electrons. The van der Waals surface area contributed by atoms with Crippen molar-refractivity contribution in [2.75, 3.05) is 26.9 Å². The minimum absolute atomic E-state index is 0.0397. The van der Waals surface area contributed by atoms with Gasteiger partial charge >= 0.3 is 24.1 Å². The Kier molecular flexibility index (Phi) is 9.56. The zero-order chi connectivity index (χ0) is 31.5. The summed E-state index contributed by atoms with van der Waals surface area (Å²) in [6, 6.07) is 3.28. The summed E-state index contributed by atoms with van der Waals surface area (Å²) in [5.74, 6) is -1.60. The van der Waals surface area contributed by atoms with Gasteiger partial charge in [0.1, 0.15) is 18.2 Å². The molecule has 12 heteroatoms. The Morgan fingerprint density at radius 1 is 1.07 bits per heavy atom. The number of ether oxygens (including phenoxy) is 4. The molecule has 43 heavy (non-hydrogen) atoms. The molecule has 3 aliphatic rings. The van der Waals surface area contributed by atoms with Crippen LogP contribution < -0.4 is 5.32 Å². The van der Waals surface area contributed by atoms with Crippen molar-refractivity contribution < 1.29 is 42.9 Å². The Labute approximate surface area is 252 Å². The van der Waals surface area contributed by atoms with E-state index in [2.05, 4.69) is 5.32 Å². The zero-order valence-corrected chi connectivity index (χ0v) is 25.9. The smallest absolute Gasteiger partial charge is 0.410 e. The first-order chi connectivity index (χ1) is 20.2. The molecule has 3 atom stereocenters. The van der Waals surface area contributed by atoms with Gasteiger partial charge in [0.05, 0.1) is 39.0 Å². The number of nitrogens with one attached hydrogen (secondary N) is 1. The van der Waals surface area contributed by atoms with Gasteiger partial charge in [0.25, 0.3) is 0 Å². The van der Waals surface area contributed by atoms with Gasteiger partial charge in [-0.3, -0.25) is 9.69 Å². The third kappa shape index (κ3) is 7.58. The quantitative estimate of drug-likeness (QED) is 0.376. The molecule has 3 aliphatic heterocycles. The standard InChI is InChI=1S/C31H43N3O9/c1-30(2,3)24-25(35)34-16-20(14-23(34)27(37)40-6)43-29(39)33-15-19-10-9-11-21(22(19)17-33)26(36)41-13-8-7-12-31(4,5)18-42-28(38)32-24/h9-11,20,23-24H,7-8,12-18H2,1-6H3,(H,32,38)/t20?,23-,24+/m0/s1. The first kappa shape index (κ1) is 32.1. The maximum atomic E-state index is 13.9. The van der Waals surface area contributed by atoms with Crippen LogP contribution in [0.3, 0.4) is 0 Å². The first-order valence-corrected chi connectivity index (χ1v) is 14.8. The van der Waals surface area contributed by atoms with Crippen molar-refractivity contribution in [1.29, 1.82) is 0 Å². The van der Waals surface area contributed by atoms with Crippen molar-refractivity contribution in [3.63, 3.8) is 0 Å². The van der Waals surface area contributed by atoms with E-state index in [1.54, 1.807) is 32.9 Å². The molecule has 236 valence electrons. The van der Waals surface area contributed by atoms with E-state index in [4.69, 9.17) is 18.9 Å². The van der Waals surface area contributed by atoms with Crippen molar-refractivity contribution in [1.82, 2.24) is 15.1 Å². The van der Waals surface area contributed by atoms with E-state index in [1.807, 2.05) is 19.9 Å². The van der Waals surface area contributed by atoms with E-state index >= 15 is 0 Å². The highest BCUT2D eigenvalue weighted by Crippen LogP contribution is 2.31. The second-order valence-electron chi connectivity index (χ2n) is 13.3. The predicted octanol–water partition coefficient (Wildman–Crippen LogP) is 3.79. The number of fused-ring (bicyclic) bond motifs is 3. The lowest BCUT2D eigenvalue weighted by Crippen LogP contribution is -2.57. The highest BCUT2D eigenvalue weighted by atomic mass is 16.6. The average molecular weight is 602 g/mol. The van der Waals surface area contributed by atoms with Crippen LogP contribution >= 0.6 is 0 Å². The van der Waals surface area contributed by atoms with Gasteiger partial charge in [-0.25, -0.2) is 19.2 Å². The van der Waals surface area contributed by atoms with Crippen LogP contribution in [0.15, 0.2) is 18.2 Å². The van der Waals surface area contributed by atoms with Gasteiger partial charge in [0.15, 0.2) is 0 Å². The topological polar surface area (TPSA) is 141 Å². The molecule has 4 bridgehead atoms. The van der Waals surface area contributed by atoms with Crippen molar-refractivity contribution in [2.24, 2.45) is 10.8 Å². The van der Waals surface area contributed by atoms with Gasteiger partial charge in [0.2, 0.25) is 5.91 Å². The number of hydrogen-bond donors (Lipinski definition) is 1. The number of carbonyl (C=O) groups is 5. The Balaban J connectivity index is 1.61. The van der Waals surface area contributed by atoms with Crippen LogP contribution in [0.1, 0.15) is 81.8 Å². The normalized spacial score (nSPS) is 25.5. The molecule has 1 saturated heterocycles. The lowest BCUT2D eigenvalue weighted by Gasteiger charge is -2.35. The fraction of sp³-hybridized carbons (Fsp3) is 0.645. The van der Waals surface area contributed by atoms with Crippen LogP contribution in [-0.4, -0.2) is 84.9 Å². The summed E-state index contributed by atoms with van der Waals surface area (Å²) in [4.78, 5) is 68.5. The van der Waals surface area contributed by atoms with E-state index < -0.39 is 53.6 Å². The Morgan fingerprint density at radius 2 is 1.81 bits per heavy atom. The fourth-order valence-electron chi connectivity index (χ4n) is 5.70. The minimum Gasteiger partial charge on any atom is -0.467 e. The van der Waals surface area contributed by atoms with E-state index in [0.717, 1.165) is 12.0 Å². The van der Waals surface area contributed by atoms with E-state index in [1.165, 1.54) is 16.9 Å². The monoisotopic (exact) mass is 601 g/mol. The van der Waals surface area contributed by atoms with E-state index in [-0.39, 0.29) is 44.7 Å². The third-order valence-corrected chi connectivity index (χ3v) is 8.20. The van der Waals surface area contributed by atoms with Gasteiger partial charge in [-0.1, -0.05) is 46.8 Å². The molecular formula is C31H43N3O9. The van der Waals surface area contributed by atoms with Crippen molar-refractivity contribution in [3.8, 4) is 0 Å². The Bertz CT molecular complexity index is 1260. The third-order valence-electron chi connectivity index (χ3n) is 8.20. The molecule has 3 amide bonds. The van der Waals surface area contributed by atoms with Crippen LogP contribution in [-0.2, 0) is 41.6 Å². The molecule has 1 aromatic rings. The molecule has 1 unspecified atom stereocenters. The Hall–Kier alpha value is -3.83. The lowest BCUT2D eigenvalue weighted by molar-refractivity contribution is -0.152. The fourth-order valence-corrected chi connectivity index (χ4v) is 5.70. The van der Waals surface area contributed by atoms with Gasteiger partial charge in [-0.05, 0) is 47.3 Å². The van der Waals surface area contributed by atoms with Crippen LogP contribution in [0.2, 0.25) is 0 Å². The number of cyclic esters (lactones) is 2. The number of methoxy groups -OCH3 is 1. The number of carbonyl (C=O) groups excluding carboxylic acids is 5. The summed E-state index contributed by atoms with van der Waals surface area (Å²) in [7, 11) is 1.23. The molecule has 4 rings (SSSR count). The summed E-state index contributed by atoms with van der Waals surface area (Å²) in [5, 5.41) is 2.70. The average Bonchev–Trinajstić information content (AvgIpc) is 3.57. The number of esters is 2. The molecule has 3 heterocycles. The second-order valence-corrected chi connectivity index (χ2v) is 13.3. The van der Waals surface area contributed by atoms with Crippen molar-refractivity contribution in [2.45, 2.75) is 91.6 Å². The minimum atomic E-state index is -1.02. The van der Waals surface area contributed by atoms with Crippen LogP contribution in [0, 0.1) is 10.8 Å². The molecule has 1 N–H and O–H groups in total. The van der Waals surface area contributed by atoms with E-state index in [0.29, 0.717) is 24.0 Å². The van der Waals surface area contributed by atoms with E-state index in [9.17, 15) is 24.0 Å². The van der Waals surface area contributed by atoms with Gasteiger partial charge in [0, 0.05) is 13.0 Å². The summed E-state index contributed by atoms with van der Waals surface area (Å²) in [6.07, 6.45) is -0.0384. The summed E-state index contributed by atoms with van der Waals surface area (Å²) < 4.78 is 21.8. The number of hydrogen-bond acceptors (Lipinski definition) is 9. The molecular weight excluding hydrogens is 558 g/mol. The SMILES string of the molecule is COC(=O)[C@@H]1CC2CN1C(=O)[C@H](C(C)(C)C)NC(=O)OCC(C)(C)CCCCOC(=O)c1cccc3c1CN(C3)C(=O)O2. The maximum Gasteiger partial charge on any atom is 0.410 e. The summed E-state index contributed by atoms with van der Waals surface area (Å²) >= 11 is 0. The number of benzene rings is 1. The number of nitrogens with zero attached hydrogens (tertiary/aromatic N) is 2. The summed E-state index contributed by atoms with van der Waals surface area (Å²) in [6.45, 7) is 10.1. The van der Waals surface area contributed by atoms with Gasteiger partial charge in [-0.15, -0.1) is 0 Å². The number of alkyl carbamates (subject to hydrolysis) is 1. The lowest BCUT2D eigenvalue weighted by atomic mass is 9.85. The predicted molar refractivity (Wildman–Crippen MR) is 154 cm³/mol. The van der Waals surface area contributed by atoms with Crippen molar-refractivity contribution in [3.05, 3.63) is 34.9 Å². The molecule has 0 aliphatic carbocycles. The highest BCUT2D eigenvalue weighted by molar-refractivity contribution is 5.92. The molecule has 0 saturated carbocycles. The molecule has 12 nitrogen and oxygen atoms in total. The molecule has 0 spiro atoms. The van der Waals surface area contributed by atoms with Crippen molar-refractivity contribution >= 4 is 30.0 Å². The number of amides is 3. The van der Waals surface area contributed by atoms with Crippen LogP contribution in [0.4, 0.5) is 9.59 Å². The van der Waals surface area contributed by atoms with Gasteiger partial charge in [-0.2, -0.15) is 0 Å². The van der Waals surface area contributed by atoms with Crippen LogP contribution in [0.25, 0.3) is 0 Å². The second kappa shape index (κ2) is 12.8. The largest absolute Gasteiger partial charge is 0.467 e. The summed E-state index contributed by atoms with van der Waals surface area (Å²) in [5.41, 5.74) is 0.859. The van der Waals surface area contributed by atoms with Crippen LogP contribution in [0.5, 0.6) is 0 Å². The zero-order valence-electron chi connectivity index (χ0n) is 25.9. The number of rotatable bonds is 1. The highest BCUT2D eigenvalue weighted by Gasteiger charge is 2.47. The molecule has 0 aromatic heterocycles. The maximum absolute atomic E-state index is 13.9.